The van der Waals surface area contributed by atoms with Gasteiger partial charge in [-0.2, -0.15) is 0 Å². The minimum absolute atomic E-state index is 0.107. The van der Waals surface area contributed by atoms with Crippen molar-refractivity contribution >= 4 is 11.8 Å². The number of hydrogen-bond acceptors (Lipinski definition) is 5. The van der Waals surface area contributed by atoms with Crippen LogP contribution in [0.5, 0.6) is 5.75 Å². The molecule has 5 N–H and O–H groups in total. The largest absolute Gasteiger partial charge is 0.486 e. The number of nitrogens with two attached hydrogens (primary N) is 2. The van der Waals surface area contributed by atoms with Crippen molar-refractivity contribution in [3.63, 3.8) is 0 Å². The quantitative estimate of drug-likeness (QED) is 0.418. The van der Waals surface area contributed by atoms with Gasteiger partial charge < -0.3 is 14.9 Å². The Hall–Kier alpha value is -2.80. The predicted molar refractivity (Wildman–Crippen MR) is 69.7 cm³/mol. The zero-order valence-corrected chi connectivity index (χ0v) is 10.5. The molecule has 0 radical (unpaired) electrons. The number of benzene rings is 1. The maximum atomic E-state index is 11.2. The highest BCUT2D eigenvalue weighted by molar-refractivity contribution is 5.92. The Balaban J connectivity index is 1.96. The monoisotopic (exact) mass is 275 g/mol. The Bertz CT molecular complexity index is 619. The molecule has 7 nitrogen and oxygen atoms in total. The van der Waals surface area contributed by atoms with Crippen LogP contribution < -0.4 is 21.7 Å². The third-order valence-electron chi connectivity index (χ3n) is 2.54. The molecule has 0 fully saturated rings. The lowest BCUT2D eigenvalue weighted by Crippen LogP contribution is -2.29. The van der Waals surface area contributed by atoms with E-state index in [0.29, 0.717) is 17.1 Å². The van der Waals surface area contributed by atoms with Crippen LogP contribution in [0, 0.1) is 0 Å². The first-order valence-electron chi connectivity index (χ1n) is 5.72. The van der Waals surface area contributed by atoms with Gasteiger partial charge in [0.15, 0.2) is 5.76 Å². The molecule has 0 saturated heterocycles. The summed E-state index contributed by atoms with van der Waals surface area (Å²) in [7, 11) is 0. The van der Waals surface area contributed by atoms with Crippen LogP contribution in [-0.2, 0) is 6.61 Å². The van der Waals surface area contributed by atoms with Crippen molar-refractivity contribution < 1.29 is 18.7 Å². The molecule has 2 rings (SSSR count). The van der Waals surface area contributed by atoms with Crippen molar-refractivity contribution in [3.05, 3.63) is 53.5 Å². The summed E-state index contributed by atoms with van der Waals surface area (Å²) in [6.07, 6.45) is 0. The Morgan fingerprint density at radius 2 is 1.85 bits per heavy atom. The summed E-state index contributed by atoms with van der Waals surface area (Å²) >= 11 is 0. The number of ether oxygens (including phenoxy) is 1. The first-order chi connectivity index (χ1) is 9.60. The summed E-state index contributed by atoms with van der Waals surface area (Å²) in [6.45, 7) is 0.147. The van der Waals surface area contributed by atoms with Gasteiger partial charge in [0, 0.05) is 5.56 Å². The van der Waals surface area contributed by atoms with E-state index >= 15 is 0 Å². The molecule has 7 heteroatoms. The zero-order valence-electron chi connectivity index (χ0n) is 10.5. The highest BCUT2D eigenvalue weighted by atomic mass is 16.5. The van der Waals surface area contributed by atoms with Gasteiger partial charge in [0.1, 0.15) is 18.1 Å². The normalized spacial score (nSPS) is 10.1. The van der Waals surface area contributed by atoms with Crippen LogP contribution in [0.3, 0.4) is 0 Å². The Morgan fingerprint density at radius 1 is 1.15 bits per heavy atom. The van der Waals surface area contributed by atoms with Gasteiger partial charge in [-0.3, -0.25) is 15.0 Å². The van der Waals surface area contributed by atoms with Gasteiger partial charge in [0.05, 0.1) is 0 Å². The third-order valence-corrected chi connectivity index (χ3v) is 2.54. The Kier molecular flexibility index (Phi) is 4.02. The molecule has 0 atom stereocenters. The van der Waals surface area contributed by atoms with E-state index in [1.165, 1.54) is 6.07 Å². The van der Waals surface area contributed by atoms with Crippen LogP contribution in [0.1, 0.15) is 26.7 Å². The fourth-order valence-corrected chi connectivity index (χ4v) is 1.52. The van der Waals surface area contributed by atoms with E-state index in [2.05, 4.69) is 0 Å². The van der Waals surface area contributed by atoms with Crippen molar-refractivity contribution in [2.24, 2.45) is 11.6 Å². The van der Waals surface area contributed by atoms with E-state index in [9.17, 15) is 9.59 Å². The van der Waals surface area contributed by atoms with Crippen LogP contribution in [0.4, 0.5) is 0 Å². The van der Waals surface area contributed by atoms with Crippen LogP contribution in [0.2, 0.25) is 0 Å². The number of carbonyl (C=O) groups excluding carboxylic acids is 2. The van der Waals surface area contributed by atoms with Crippen LogP contribution in [0.15, 0.2) is 40.8 Å². The molecule has 0 aliphatic heterocycles. The number of amides is 2. The van der Waals surface area contributed by atoms with Gasteiger partial charge in [-0.05, 0) is 36.4 Å². The lowest BCUT2D eigenvalue weighted by atomic mass is 10.2. The molecule has 1 aromatic carbocycles. The first kappa shape index (κ1) is 13.6. The van der Waals surface area contributed by atoms with E-state index < -0.39 is 11.8 Å². The van der Waals surface area contributed by atoms with Gasteiger partial charge in [-0.15, -0.1) is 0 Å². The number of primary amides is 1. The molecule has 0 saturated carbocycles. The minimum Gasteiger partial charge on any atom is -0.486 e. The van der Waals surface area contributed by atoms with E-state index in [1.807, 2.05) is 5.43 Å². The zero-order chi connectivity index (χ0) is 14.5. The van der Waals surface area contributed by atoms with Gasteiger partial charge in [-0.1, -0.05) is 0 Å². The van der Waals surface area contributed by atoms with Crippen molar-refractivity contribution in [2.45, 2.75) is 6.61 Å². The molecule has 0 aliphatic rings. The van der Waals surface area contributed by atoms with Crippen molar-refractivity contribution in [1.82, 2.24) is 5.43 Å². The Labute approximate surface area is 114 Å². The highest BCUT2D eigenvalue weighted by Crippen LogP contribution is 2.15. The first-order valence-corrected chi connectivity index (χ1v) is 5.72. The summed E-state index contributed by atoms with van der Waals surface area (Å²) in [5.41, 5.74) is 7.50. The lowest BCUT2D eigenvalue weighted by molar-refractivity contribution is 0.0921. The van der Waals surface area contributed by atoms with Gasteiger partial charge in [-0.25, -0.2) is 5.84 Å². The number of nitrogen functional groups attached to an aromatic ring is 1. The fraction of sp³-hybridized carbons (Fsp3) is 0.0769. The second-order valence-corrected chi connectivity index (χ2v) is 3.92. The maximum Gasteiger partial charge on any atom is 0.300 e. The van der Waals surface area contributed by atoms with Crippen molar-refractivity contribution in [1.29, 1.82) is 0 Å². The average Bonchev–Trinajstić information content (AvgIpc) is 2.93. The van der Waals surface area contributed by atoms with Crippen LogP contribution in [-0.4, -0.2) is 11.8 Å². The molecular weight excluding hydrogens is 262 g/mol. The Morgan fingerprint density at radius 3 is 2.45 bits per heavy atom. The minimum atomic E-state index is -0.512. The standard InChI is InChI=1S/C13H13N3O4/c14-12(17)8-1-3-9(4-2-8)19-7-10-5-6-11(20-10)13(18)16-15/h1-6H,7,15H2,(H2,14,17)(H,16,18). The van der Waals surface area contributed by atoms with Crippen LogP contribution in [0.25, 0.3) is 0 Å². The second kappa shape index (κ2) is 5.89. The van der Waals surface area contributed by atoms with E-state index in [1.54, 1.807) is 30.3 Å². The average molecular weight is 275 g/mol. The van der Waals surface area contributed by atoms with E-state index in [4.69, 9.17) is 20.7 Å². The summed E-state index contributed by atoms with van der Waals surface area (Å²) in [5.74, 6) is 5.11. The molecule has 1 aromatic heterocycles. The third kappa shape index (κ3) is 3.15. The summed E-state index contributed by atoms with van der Waals surface area (Å²) in [5, 5.41) is 0. The summed E-state index contributed by atoms with van der Waals surface area (Å²) in [4.78, 5) is 22.1. The topological polar surface area (TPSA) is 121 Å². The molecule has 1 heterocycles. The van der Waals surface area contributed by atoms with Crippen molar-refractivity contribution in [3.8, 4) is 5.75 Å². The number of nitrogens with one attached hydrogen (secondary N) is 1. The SMILES string of the molecule is NNC(=O)c1ccc(COc2ccc(C(N)=O)cc2)o1. The number of carbonyl (C=O) groups is 2. The van der Waals surface area contributed by atoms with E-state index in [0.717, 1.165) is 0 Å². The number of hydrazine groups is 1. The molecule has 2 amide bonds. The molecule has 0 aliphatic carbocycles. The van der Waals surface area contributed by atoms with Crippen LogP contribution >= 0.6 is 0 Å². The molecule has 104 valence electrons. The lowest BCUT2D eigenvalue weighted by Gasteiger charge is -2.04. The molecule has 2 aromatic rings. The summed E-state index contributed by atoms with van der Waals surface area (Å²) in [6, 6.07) is 9.48. The maximum absolute atomic E-state index is 11.2. The number of hydrogen-bond donors (Lipinski definition) is 3. The van der Waals surface area contributed by atoms with Gasteiger partial charge >= 0.3 is 5.91 Å². The number of furan rings is 1. The predicted octanol–water partition coefficient (Wildman–Crippen LogP) is 0.561. The number of rotatable bonds is 5. The molecule has 0 spiro atoms. The summed E-state index contributed by atoms with van der Waals surface area (Å²) < 4.78 is 10.7. The fourth-order valence-electron chi connectivity index (χ4n) is 1.52. The molecule has 20 heavy (non-hydrogen) atoms. The van der Waals surface area contributed by atoms with Gasteiger partial charge in [0.25, 0.3) is 0 Å². The van der Waals surface area contributed by atoms with Gasteiger partial charge in [0.2, 0.25) is 5.91 Å². The molecular formula is C13H13N3O4. The smallest absolute Gasteiger partial charge is 0.300 e. The molecule has 0 unspecified atom stereocenters. The highest BCUT2D eigenvalue weighted by Gasteiger charge is 2.09. The van der Waals surface area contributed by atoms with Crippen molar-refractivity contribution in [2.75, 3.05) is 0 Å². The second-order valence-electron chi connectivity index (χ2n) is 3.92. The molecule has 0 bridgehead atoms. The van der Waals surface area contributed by atoms with E-state index in [-0.39, 0.29) is 12.4 Å².